The van der Waals surface area contributed by atoms with Gasteiger partial charge in [0.1, 0.15) is 0 Å². The zero-order valence-corrected chi connectivity index (χ0v) is 33.8. The average Bonchev–Trinajstić information content (AvgIpc) is 4.19. The van der Waals surface area contributed by atoms with Crippen molar-refractivity contribution in [1.82, 2.24) is 19.9 Å². The van der Waals surface area contributed by atoms with Crippen LogP contribution in [-0.2, 0) is 12.8 Å². The van der Waals surface area contributed by atoms with Crippen LogP contribution >= 0.6 is 0 Å². The third-order valence-electron chi connectivity index (χ3n) is 13.0. The zero-order valence-electron chi connectivity index (χ0n) is 33.8. The zero-order chi connectivity index (χ0) is 40.7. The molecule has 0 atom stereocenters. The lowest BCUT2D eigenvalue weighted by molar-refractivity contribution is 1.26. The van der Waals surface area contributed by atoms with Gasteiger partial charge >= 0.3 is 0 Å². The highest BCUT2D eigenvalue weighted by atomic mass is 14.8. The van der Waals surface area contributed by atoms with E-state index in [1.807, 2.05) is 0 Å². The summed E-state index contributed by atoms with van der Waals surface area (Å²) in [6.07, 6.45) is 10.6. The van der Waals surface area contributed by atoms with Gasteiger partial charge in [-0.15, -0.1) is 0 Å². The van der Waals surface area contributed by atoms with Crippen LogP contribution < -0.4 is 0 Å². The molecule has 6 aromatic carbocycles. The molecule has 0 spiro atoms. The van der Waals surface area contributed by atoms with Crippen molar-refractivity contribution in [2.75, 3.05) is 0 Å². The van der Waals surface area contributed by atoms with Crippen LogP contribution in [0.25, 0.3) is 113 Å². The number of nitrogens with one attached hydrogen (secondary N) is 2. The van der Waals surface area contributed by atoms with Crippen molar-refractivity contribution in [1.29, 1.82) is 0 Å². The average molecular weight is 791 g/mol. The third kappa shape index (κ3) is 5.54. The second-order valence-corrected chi connectivity index (χ2v) is 16.6. The van der Waals surface area contributed by atoms with Gasteiger partial charge in [-0.25, -0.2) is 9.97 Å². The molecule has 62 heavy (non-hydrogen) atoms. The minimum Gasteiger partial charge on any atom is -0.354 e. The van der Waals surface area contributed by atoms with E-state index in [2.05, 4.69) is 204 Å². The highest BCUT2D eigenvalue weighted by Gasteiger charge is 2.23. The standard InChI is InChI=1S/C58H38N4/c1-3-11-35(12-4-1)55-47-23-27-51(59-47)57(39-19-21-45-41(33-39)31-37-15-7-9-17-43(37)45)53-29-25-49(61-53)56(36-13-5-2-6-14-36)50-26-30-54(62-50)58(52-28-24-48(55)60-52)40-20-22-46-42(34-40)32-38-16-8-10-18-44(38)46/h1-30,33-34,59,62H,31-32H2. The smallest absolute Gasteiger partial charge is 0.0737 e. The summed E-state index contributed by atoms with van der Waals surface area (Å²) in [6.45, 7) is 0. The number of benzene rings is 6. The molecule has 2 aliphatic heterocycles. The van der Waals surface area contributed by atoms with Gasteiger partial charge in [-0.05, 0) is 128 Å². The second-order valence-electron chi connectivity index (χ2n) is 16.6. The monoisotopic (exact) mass is 790 g/mol. The molecule has 0 fully saturated rings. The van der Waals surface area contributed by atoms with Gasteiger partial charge in [0.15, 0.2) is 0 Å². The Morgan fingerprint density at radius 1 is 0.290 bits per heavy atom. The van der Waals surface area contributed by atoms with Gasteiger partial charge < -0.3 is 9.97 Å². The summed E-state index contributed by atoms with van der Waals surface area (Å²) in [5, 5.41) is 0. The maximum Gasteiger partial charge on any atom is 0.0737 e. The molecule has 2 aliphatic carbocycles. The van der Waals surface area contributed by atoms with Crippen LogP contribution in [0.1, 0.15) is 45.0 Å². The van der Waals surface area contributed by atoms with Gasteiger partial charge in [0.05, 0.1) is 22.8 Å². The van der Waals surface area contributed by atoms with E-state index >= 15 is 0 Å². The normalized spacial score (nSPS) is 12.9. The largest absolute Gasteiger partial charge is 0.354 e. The Labute approximate surface area is 359 Å². The lowest BCUT2D eigenvalue weighted by Crippen LogP contribution is -1.91. The Balaban J connectivity index is 1.13. The summed E-state index contributed by atoms with van der Waals surface area (Å²) in [5.41, 5.74) is 27.0. The number of rotatable bonds is 4. The molecule has 290 valence electrons. The predicted molar refractivity (Wildman–Crippen MR) is 257 cm³/mol. The van der Waals surface area contributed by atoms with Crippen molar-refractivity contribution < 1.29 is 0 Å². The van der Waals surface area contributed by atoms with Crippen LogP contribution in [0.4, 0.5) is 0 Å². The summed E-state index contributed by atoms with van der Waals surface area (Å²) in [6, 6.07) is 61.5. The van der Waals surface area contributed by atoms with E-state index in [-0.39, 0.29) is 0 Å². The number of nitrogens with zero attached hydrogens (tertiary/aromatic N) is 2. The second kappa shape index (κ2) is 13.7. The fourth-order valence-corrected chi connectivity index (χ4v) is 10.2. The van der Waals surface area contributed by atoms with Crippen molar-refractivity contribution in [3.63, 3.8) is 0 Å². The Hall–Kier alpha value is -8.08. The van der Waals surface area contributed by atoms with Crippen LogP contribution in [0.2, 0.25) is 0 Å². The Bertz CT molecular complexity index is 3330. The van der Waals surface area contributed by atoms with Gasteiger partial charge in [-0.3, -0.25) is 0 Å². The molecule has 0 saturated heterocycles. The lowest BCUT2D eigenvalue weighted by atomic mass is 9.98. The summed E-state index contributed by atoms with van der Waals surface area (Å²) in [5.74, 6) is 0. The van der Waals surface area contributed by atoms with Crippen LogP contribution in [0.3, 0.4) is 0 Å². The van der Waals surface area contributed by atoms with Crippen molar-refractivity contribution in [3.8, 4) is 66.8 Å². The van der Waals surface area contributed by atoms with Crippen LogP contribution in [-0.4, -0.2) is 19.9 Å². The molecular formula is C58H38N4. The molecule has 4 heteroatoms. The van der Waals surface area contributed by atoms with Crippen LogP contribution in [0.5, 0.6) is 0 Å². The van der Waals surface area contributed by atoms with Gasteiger partial charge in [-0.2, -0.15) is 0 Å². The molecule has 3 aromatic heterocycles. The molecule has 0 radical (unpaired) electrons. The summed E-state index contributed by atoms with van der Waals surface area (Å²) in [7, 11) is 0. The molecule has 0 unspecified atom stereocenters. The Morgan fingerprint density at radius 3 is 1.03 bits per heavy atom. The molecule has 4 aliphatic rings. The molecule has 9 aromatic rings. The first-order valence-corrected chi connectivity index (χ1v) is 21.4. The number of fused-ring (bicyclic) bond motifs is 14. The van der Waals surface area contributed by atoms with E-state index in [9.17, 15) is 0 Å². The van der Waals surface area contributed by atoms with E-state index in [0.29, 0.717) is 0 Å². The minimum absolute atomic E-state index is 0.909. The third-order valence-corrected chi connectivity index (χ3v) is 13.0. The fourth-order valence-electron chi connectivity index (χ4n) is 10.2. The molecule has 8 bridgehead atoms. The van der Waals surface area contributed by atoms with Crippen LogP contribution in [0.15, 0.2) is 170 Å². The molecule has 5 heterocycles. The molecular weight excluding hydrogens is 753 g/mol. The van der Waals surface area contributed by atoms with Gasteiger partial charge in [0, 0.05) is 44.3 Å². The first-order chi connectivity index (χ1) is 30.7. The molecule has 0 amide bonds. The van der Waals surface area contributed by atoms with Crippen molar-refractivity contribution >= 4 is 46.4 Å². The molecule has 13 rings (SSSR count). The highest BCUT2D eigenvalue weighted by Crippen LogP contribution is 2.43. The first kappa shape index (κ1) is 34.8. The highest BCUT2D eigenvalue weighted by molar-refractivity contribution is 6.00. The number of aromatic nitrogens is 4. The van der Waals surface area contributed by atoms with E-state index in [4.69, 9.17) is 9.97 Å². The van der Waals surface area contributed by atoms with Crippen molar-refractivity contribution in [2.45, 2.75) is 12.8 Å². The number of hydrogen-bond donors (Lipinski definition) is 2. The number of H-pyrrole nitrogens is 2. The topological polar surface area (TPSA) is 57.4 Å². The van der Waals surface area contributed by atoms with Crippen molar-refractivity contribution in [2.24, 2.45) is 0 Å². The van der Waals surface area contributed by atoms with Gasteiger partial charge in [-0.1, -0.05) is 146 Å². The number of hydrogen-bond acceptors (Lipinski definition) is 2. The van der Waals surface area contributed by atoms with Gasteiger partial charge in [0.25, 0.3) is 0 Å². The molecule has 4 nitrogen and oxygen atoms in total. The van der Waals surface area contributed by atoms with E-state index in [0.717, 1.165) is 102 Å². The SMILES string of the molecule is C1=Cc2nc1c(-c1ccccc1)c1ccc([nH]1)c(-c1ccc3c(c1)Cc1ccccc1-3)c1nc(c(-c3ccccc3)c3ccc([nH]3)c2-c2ccc3c(c2)Cc2ccccc2-3)C=C1. The summed E-state index contributed by atoms with van der Waals surface area (Å²) in [4.78, 5) is 18.9. The van der Waals surface area contributed by atoms with E-state index in [1.165, 1.54) is 44.5 Å². The quantitative estimate of drug-likeness (QED) is 0.187. The molecule has 2 N–H and O–H groups in total. The number of aromatic amines is 2. The maximum absolute atomic E-state index is 5.54. The van der Waals surface area contributed by atoms with E-state index in [1.54, 1.807) is 0 Å². The minimum atomic E-state index is 0.909. The summed E-state index contributed by atoms with van der Waals surface area (Å²) < 4.78 is 0. The van der Waals surface area contributed by atoms with Gasteiger partial charge in [0.2, 0.25) is 0 Å². The Morgan fingerprint density at radius 2 is 0.629 bits per heavy atom. The summed E-state index contributed by atoms with van der Waals surface area (Å²) >= 11 is 0. The maximum atomic E-state index is 5.54. The van der Waals surface area contributed by atoms with E-state index < -0.39 is 0 Å². The first-order valence-electron chi connectivity index (χ1n) is 21.4. The fraction of sp³-hybridized carbons (Fsp3) is 0.0345. The predicted octanol–water partition coefficient (Wildman–Crippen LogP) is 14.5. The molecule has 0 saturated carbocycles. The van der Waals surface area contributed by atoms with Crippen molar-refractivity contribution in [3.05, 3.63) is 215 Å². The van der Waals surface area contributed by atoms with Crippen LogP contribution in [0, 0.1) is 0 Å². The Kier molecular flexibility index (Phi) is 7.70. The lowest BCUT2D eigenvalue weighted by Gasteiger charge is -2.09.